The van der Waals surface area contributed by atoms with Crippen LogP contribution in [-0.2, 0) is 19.1 Å². The summed E-state index contributed by atoms with van der Waals surface area (Å²) in [5, 5.41) is 0. The first-order chi connectivity index (χ1) is 16.1. The molecule has 0 saturated heterocycles. The second-order valence-corrected chi connectivity index (χ2v) is 7.15. The molecule has 5 heteroatoms. The van der Waals surface area contributed by atoms with Crippen molar-refractivity contribution in [3.8, 4) is 5.75 Å². The zero-order valence-electron chi connectivity index (χ0n) is 18.4. The van der Waals surface area contributed by atoms with Crippen LogP contribution in [-0.4, -0.2) is 25.7 Å². The van der Waals surface area contributed by atoms with Crippen LogP contribution in [0.25, 0.3) is 12.2 Å². The average Bonchev–Trinajstić information content (AvgIpc) is 2.87. The molecule has 0 bridgehead atoms. The van der Waals surface area contributed by atoms with Gasteiger partial charge >= 0.3 is 11.9 Å². The largest absolute Gasteiger partial charge is 0.497 e. The van der Waals surface area contributed by atoms with Gasteiger partial charge in [0.1, 0.15) is 11.9 Å². The van der Waals surface area contributed by atoms with Gasteiger partial charge in [0.2, 0.25) is 0 Å². The molecule has 1 atom stereocenters. The van der Waals surface area contributed by atoms with E-state index in [1.165, 1.54) is 12.2 Å². The third kappa shape index (κ3) is 8.15. The number of carbonyl (C=O) groups is 2. The molecule has 0 radical (unpaired) electrons. The molecule has 5 nitrogen and oxygen atoms in total. The molecular weight excluding hydrogens is 416 g/mol. The third-order valence-electron chi connectivity index (χ3n) is 4.77. The number of carbonyl (C=O) groups excluding carboxylic acids is 2. The number of hydrogen-bond acceptors (Lipinski definition) is 5. The maximum absolute atomic E-state index is 12.5. The summed E-state index contributed by atoms with van der Waals surface area (Å²) in [7, 11) is 1.57. The van der Waals surface area contributed by atoms with E-state index in [4.69, 9.17) is 14.2 Å². The van der Waals surface area contributed by atoms with Crippen molar-refractivity contribution in [3.63, 3.8) is 0 Å². The summed E-state index contributed by atoms with van der Waals surface area (Å²) in [6.07, 6.45) is 5.86. The summed E-state index contributed by atoms with van der Waals surface area (Å²) in [6, 6.07) is 26.2. The molecule has 33 heavy (non-hydrogen) atoms. The molecule has 0 aliphatic rings. The fourth-order valence-corrected chi connectivity index (χ4v) is 3.09. The Morgan fingerprint density at radius 2 is 1.39 bits per heavy atom. The van der Waals surface area contributed by atoms with E-state index in [0.29, 0.717) is 12.2 Å². The van der Waals surface area contributed by atoms with Crippen molar-refractivity contribution in [3.05, 3.63) is 114 Å². The molecule has 0 spiro atoms. The molecule has 0 amide bonds. The number of esters is 2. The molecule has 0 heterocycles. The minimum absolute atomic E-state index is 0.0928. The molecule has 0 N–H and O–H groups in total. The van der Waals surface area contributed by atoms with Crippen LogP contribution >= 0.6 is 0 Å². The van der Waals surface area contributed by atoms with Crippen molar-refractivity contribution in [2.75, 3.05) is 13.7 Å². The summed E-state index contributed by atoms with van der Waals surface area (Å²) >= 11 is 0. The topological polar surface area (TPSA) is 61.8 Å². The normalized spacial score (nSPS) is 11.9. The molecule has 0 fully saturated rings. The maximum Gasteiger partial charge on any atom is 0.331 e. The zero-order chi connectivity index (χ0) is 23.3. The van der Waals surface area contributed by atoms with E-state index in [9.17, 15) is 9.59 Å². The SMILES string of the molecule is COc1cccc([C@@H](CCOC(=O)/C=C/c2ccccc2)OC(=O)/C=C/c2ccccc2)c1. The lowest BCUT2D eigenvalue weighted by molar-refractivity contribution is -0.145. The van der Waals surface area contributed by atoms with E-state index >= 15 is 0 Å². The van der Waals surface area contributed by atoms with Gasteiger partial charge in [0.15, 0.2) is 0 Å². The minimum atomic E-state index is -0.598. The fourth-order valence-electron chi connectivity index (χ4n) is 3.09. The Morgan fingerprint density at radius 1 is 0.788 bits per heavy atom. The van der Waals surface area contributed by atoms with Gasteiger partial charge in [-0.15, -0.1) is 0 Å². The highest BCUT2D eigenvalue weighted by atomic mass is 16.6. The Balaban J connectivity index is 1.61. The Bertz CT molecular complexity index is 1090. The number of methoxy groups -OCH3 is 1. The van der Waals surface area contributed by atoms with Crippen molar-refractivity contribution < 1.29 is 23.8 Å². The second-order valence-electron chi connectivity index (χ2n) is 7.15. The lowest BCUT2D eigenvalue weighted by atomic mass is 10.1. The Kier molecular flexibility index (Phi) is 9.04. The van der Waals surface area contributed by atoms with Gasteiger partial charge in [-0.3, -0.25) is 0 Å². The summed E-state index contributed by atoms with van der Waals surface area (Å²) in [4.78, 5) is 24.5. The number of rotatable bonds is 10. The Morgan fingerprint density at radius 3 is 2.00 bits per heavy atom. The van der Waals surface area contributed by atoms with Crippen LogP contribution in [0, 0.1) is 0 Å². The van der Waals surface area contributed by atoms with Crippen LogP contribution in [0.15, 0.2) is 97.1 Å². The lowest BCUT2D eigenvalue weighted by Gasteiger charge is -2.18. The van der Waals surface area contributed by atoms with Crippen LogP contribution in [0.2, 0.25) is 0 Å². The first-order valence-corrected chi connectivity index (χ1v) is 10.6. The highest BCUT2D eigenvalue weighted by Crippen LogP contribution is 2.25. The van der Waals surface area contributed by atoms with Gasteiger partial charge < -0.3 is 14.2 Å². The summed E-state index contributed by atoms with van der Waals surface area (Å²) < 4.78 is 16.3. The molecule has 3 aromatic carbocycles. The summed E-state index contributed by atoms with van der Waals surface area (Å²) in [5.41, 5.74) is 2.56. The average molecular weight is 443 g/mol. The van der Waals surface area contributed by atoms with E-state index in [0.717, 1.165) is 16.7 Å². The monoisotopic (exact) mass is 442 g/mol. The fraction of sp³-hybridized carbons (Fsp3) is 0.143. The van der Waals surface area contributed by atoms with Gasteiger partial charge in [-0.2, -0.15) is 0 Å². The molecule has 3 rings (SSSR count). The maximum atomic E-state index is 12.5. The van der Waals surface area contributed by atoms with E-state index in [-0.39, 0.29) is 6.61 Å². The molecule has 168 valence electrons. The van der Waals surface area contributed by atoms with E-state index in [1.54, 1.807) is 25.3 Å². The standard InChI is InChI=1S/C28H26O5/c1-31-25-14-8-13-24(21-25)26(33-28(30)18-16-23-11-6-3-7-12-23)19-20-32-27(29)17-15-22-9-4-2-5-10-22/h2-18,21,26H,19-20H2,1H3/b17-15+,18-16+/t26-/m1/s1. The molecule has 0 unspecified atom stereocenters. The minimum Gasteiger partial charge on any atom is -0.497 e. The molecule has 0 aliphatic carbocycles. The molecule has 3 aromatic rings. The van der Waals surface area contributed by atoms with Crippen molar-refractivity contribution >= 4 is 24.1 Å². The zero-order valence-corrected chi connectivity index (χ0v) is 18.4. The van der Waals surface area contributed by atoms with Gasteiger partial charge in [-0.25, -0.2) is 9.59 Å². The summed E-state index contributed by atoms with van der Waals surface area (Å²) in [6.45, 7) is 0.0928. The molecular formula is C28H26O5. The Labute approximate surface area is 193 Å². The smallest absolute Gasteiger partial charge is 0.331 e. The van der Waals surface area contributed by atoms with Crippen LogP contribution in [0.1, 0.15) is 29.2 Å². The van der Waals surface area contributed by atoms with Crippen molar-refractivity contribution in [1.29, 1.82) is 0 Å². The van der Waals surface area contributed by atoms with Gasteiger partial charge in [-0.1, -0.05) is 72.8 Å². The summed E-state index contributed by atoms with van der Waals surface area (Å²) in [5.74, 6) is -0.295. The van der Waals surface area contributed by atoms with Crippen LogP contribution < -0.4 is 4.74 Å². The van der Waals surface area contributed by atoms with Crippen LogP contribution in [0.4, 0.5) is 0 Å². The number of ether oxygens (including phenoxy) is 3. The third-order valence-corrected chi connectivity index (χ3v) is 4.77. The van der Waals surface area contributed by atoms with Crippen molar-refractivity contribution in [1.82, 2.24) is 0 Å². The van der Waals surface area contributed by atoms with Gasteiger partial charge in [0.25, 0.3) is 0 Å². The van der Waals surface area contributed by atoms with Crippen LogP contribution in [0.3, 0.4) is 0 Å². The predicted molar refractivity (Wildman–Crippen MR) is 128 cm³/mol. The van der Waals surface area contributed by atoms with E-state index < -0.39 is 18.0 Å². The first-order valence-electron chi connectivity index (χ1n) is 10.6. The predicted octanol–water partition coefficient (Wildman–Crippen LogP) is 5.64. The van der Waals surface area contributed by atoms with Crippen LogP contribution in [0.5, 0.6) is 5.75 Å². The number of benzene rings is 3. The van der Waals surface area contributed by atoms with Gasteiger partial charge in [-0.05, 0) is 41.0 Å². The van der Waals surface area contributed by atoms with Gasteiger partial charge in [0, 0.05) is 18.6 Å². The quantitative estimate of drug-likeness (QED) is 0.300. The van der Waals surface area contributed by atoms with Crippen molar-refractivity contribution in [2.45, 2.75) is 12.5 Å². The highest BCUT2D eigenvalue weighted by Gasteiger charge is 2.17. The van der Waals surface area contributed by atoms with E-state index in [2.05, 4.69) is 0 Å². The first kappa shape index (κ1) is 23.5. The van der Waals surface area contributed by atoms with Gasteiger partial charge in [0.05, 0.1) is 13.7 Å². The van der Waals surface area contributed by atoms with Crippen molar-refractivity contribution in [2.24, 2.45) is 0 Å². The molecule has 0 saturated carbocycles. The highest BCUT2D eigenvalue weighted by molar-refractivity contribution is 5.87. The van der Waals surface area contributed by atoms with E-state index in [1.807, 2.05) is 78.9 Å². The second kappa shape index (κ2) is 12.7. The number of hydrogen-bond donors (Lipinski definition) is 0. The molecule has 0 aromatic heterocycles. The molecule has 0 aliphatic heterocycles. The Hall–Kier alpha value is -4.12. The lowest BCUT2D eigenvalue weighted by Crippen LogP contribution is -2.13.